The molecular weight excluding hydrogens is 400 g/mol. The molecule has 158 valence electrons. The quantitative estimate of drug-likeness (QED) is 0.468. The van der Waals surface area contributed by atoms with E-state index in [4.69, 9.17) is 9.47 Å². The van der Waals surface area contributed by atoms with Gasteiger partial charge in [0.2, 0.25) is 12.7 Å². The topological polar surface area (TPSA) is 54.6 Å². The van der Waals surface area contributed by atoms with Crippen LogP contribution in [-0.4, -0.2) is 29.1 Å². The summed E-state index contributed by atoms with van der Waals surface area (Å²) in [6.45, 7) is 0.871. The first kappa shape index (κ1) is 18.8. The molecule has 1 aromatic heterocycles. The normalized spacial score (nSPS) is 17.1. The van der Waals surface area contributed by atoms with Gasteiger partial charge in [0.25, 0.3) is 0 Å². The third-order valence-corrected chi connectivity index (χ3v) is 6.25. The van der Waals surface area contributed by atoms with E-state index < -0.39 is 0 Å². The van der Waals surface area contributed by atoms with Crippen LogP contribution in [-0.2, 0) is 11.2 Å². The number of amides is 1. The largest absolute Gasteiger partial charge is 0.454 e. The standard InChI is InChI=1S/C27H22N2O3/c30-25(13-10-18-6-2-1-3-7-18)29-15-14-21-20-8-4-5-9-22(20)28-26(21)27(29)19-11-12-23-24(16-19)32-17-31-23/h1-13,16,27-28H,14-15,17H2/b13-10+/t27-/m0/s1. The number of rotatable bonds is 3. The highest BCUT2D eigenvalue weighted by Crippen LogP contribution is 2.42. The summed E-state index contributed by atoms with van der Waals surface area (Å²) in [5.41, 5.74) is 5.45. The number of carbonyl (C=O) groups excluding carboxylic acids is 1. The van der Waals surface area contributed by atoms with Gasteiger partial charge in [-0.1, -0.05) is 54.6 Å². The zero-order chi connectivity index (χ0) is 21.5. The summed E-state index contributed by atoms with van der Waals surface area (Å²) in [6, 6.07) is 23.9. The highest BCUT2D eigenvalue weighted by Gasteiger charge is 2.34. The van der Waals surface area contributed by atoms with E-state index in [1.165, 1.54) is 10.9 Å². The molecule has 1 amide bonds. The Hall–Kier alpha value is -3.99. The minimum Gasteiger partial charge on any atom is -0.454 e. The lowest BCUT2D eigenvalue weighted by atomic mass is 9.92. The van der Waals surface area contributed by atoms with Crippen LogP contribution >= 0.6 is 0 Å². The molecule has 5 nitrogen and oxygen atoms in total. The number of hydrogen-bond acceptors (Lipinski definition) is 3. The predicted octanol–water partition coefficient (Wildman–Crippen LogP) is 5.08. The minimum atomic E-state index is -0.228. The van der Waals surface area contributed by atoms with Crippen molar-refractivity contribution >= 4 is 22.9 Å². The van der Waals surface area contributed by atoms with E-state index in [-0.39, 0.29) is 18.7 Å². The number of hydrogen-bond donors (Lipinski definition) is 1. The average molecular weight is 422 g/mol. The van der Waals surface area contributed by atoms with E-state index >= 15 is 0 Å². The molecule has 2 aliphatic heterocycles. The third-order valence-electron chi connectivity index (χ3n) is 6.25. The van der Waals surface area contributed by atoms with Crippen LogP contribution in [0.2, 0.25) is 0 Å². The number of benzene rings is 3. The number of nitrogens with zero attached hydrogens (tertiary/aromatic N) is 1. The molecule has 3 aromatic carbocycles. The van der Waals surface area contributed by atoms with E-state index in [0.29, 0.717) is 6.54 Å². The Morgan fingerprint density at radius 1 is 0.969 bits per heavy atom. The summed E-state index contributed by atoms with van der Waals surface area (Å²) >= 11 is 0. The summed E-state index contributed by atoms with van der Waals surface area (Å²) in [5.74, 6) is 1.45. The van der Waals surface area contributed by atoms with Crippen molar-refractivity contribution in [3.63, 3.8) is 0 Å². The number of aromatic amines is 1. The highest BCUT2D eigenvalue weighted by atomic mass is 16.7. The lowest BCUT2D eigenvalue weighted by Crippen LogP contribution is -2.39. The number of aromatic nitrogens is 1. The molecule has 0 bridgehead atoms. The highest BCUT2D eigenvalue weighted by molar-refractivity contribution is 5.93. The van der Waals surface area contributed by atoms with Crippen molar-refractivity contribution in [1.29, 1.82) is 0 Å². The Morgan fingerprint density at radius 3 is 2.69 bits per heavy atom. The Labute approximate surface area is 185 Å². The van der Waals surface area contributed by atoms with Crippen LogP contribution in [0.5, 0.6) is 11.5 Å². The molecule has 0 unspecified atom stereocenters. The Bertz CT molecular complexity index is 1340. The van der Waals surface area contributed by atoms with Crippen molar-refractivity contribution in [2.24, 2.45) is 0 Å². The molecule has 0 radical (unpaired) electrons. The van der Waals surface area contributed by atoms with Crippen LogP contribution in [0.3, 0.4) is 0 Å². The van der Waals surface area contributed by atoms with Crippen molar-refractivity contribution < 1.29 is 14.3 Å². The van der Waals surface area contributed by atoms with Gasteiger partial charge in [0, 0.05) is 29.2 Å². The van der Waals surface area contributed by atoms with E-state index in [1.54, 1.807) is 6.08 Å². The van der Waals surface area contributed by atoms with E-state index in [9.17, 15) is 4.79 Å². The van der Waals surface area contributed by atoms with Gasteiger partial charge < -0.3 is 19.4 Å². The second-order valence-corrected chi connectivity index (χ2v) is 8.10. The first-order valence-electron chi connectivity index (χ1n) is 10.8. The van der Waals surface area contributed by atoms with Crippen LogP contribution in [0, 0.1) is 0 Å². The molecular formula is C27H22N2O3. The number of nitrogens with one attached hydrogen (secondary N) is 1. The molecule has 1 N–H and O–H groups in total. The zero-order valence-electron chi connectivity index (χ0n) is 17.5. The minimum absolute atomic E-state index is 0.0131. The fourth-order valence-corrected chi connectivity index (χ4v) is 4.74. The Morgan fingerprint density at radius 2 is 1.78 bits per heavy atom. The van der Waals surface area contributed by atoms with Crippen LogP contribution < -0.4 is 9.47 Å². The van der Waals surface area contributed by atoms with E-state index in [0.717, 1.165) is 40.3 Å². The van der Waals surface area contributed by atoms with Crippen LogP contribution in [0.25, 0.3) is 17.0 Å². The lowest BCUT2D eigenvalue weighted by molar-refractivity contribution is -0.128. The lowest BCUT2D eigenvalue weighted by Gasteiger charge is -2.35. The van der Waals surface area contributed by atoms with E-state index in [1.807, 2.05) is 65.6 Å². The SMILES string of the molecule is O=C(/C=C/c1ccccc1)N1CCc2c([nH]c3ccccc23)[C@@H]1c1ccc2c(c1)OCO2. The van der Waals surface area contributed by atoms with Gasteiger partial charge in [0.15, 0.2) is 11.5 Å². The molecule has 6 rings (SSSR count). The average Bonchev–Trinajstić information content (AvgIpc) is 3.46. The van der Waals surface area contributed by atoms with Crippen LogP contribution in [0.4, 0.5) is 0 Å². The number of para-hydroxylation sites is 1. The van der Waals surface area contributed by atoms with Crippen molar-refractivity contribution in [3.8, 4) is 11.5 Å². The summed E-state index contributed by atoms with van der Waals surface area (Å²) < 4.78 is 11.1. The molecule has 32 heavy (non-hydrogen) atoms. The van der Waals surface area contributed by atoms with Gasteiger partial charge in [0.05, 0.1) is 6.04 Å². The van der Waals surface area contributed by atoms with Crippen molar-refractivity contribution in [2.75, 3.05) is 13.3 Å². The molecule has 2 aliphatic rings. The monoisotopic (exact) mass is 422 g/mol. The summed E-state index contributed by atoms with van der Waals surface area (Å²) in [5, 5.41) is 1.22. The number of H-pyrrole nitrogens is 1. The zero-order valence-corrected chi connectivity index (χ0v) is 17.5. The second kappa shape index (κ2) is 7.61. The predicted molar refractivity (Wildman–Crippen MR) is 124 cm³/mol. The third kappa shape index (κ3) is 3.14. The molecule has 5 heteroatoms. The fraction of sp³-hybridized carbons (Fsp3) is 0.148. The summed E-state index contributed by atoms with van der Waals surface area (Å²) in [6.07, 6.45) is 4.36. The maximum Gasteiger partial charge on any atom is 0.247 e. The number of ether oxygens (including phenoxy) is 2. The molecule has 1 atom stereocenters. The van der Waals surface area contributed by atoms with Gasteiger partial charge in [-0.25, -0.2) is 0 Å². The summed E-state index contributed by atoms with van der Waals surface area (Å²) in [4.78, 5) is 18.9. The van der Waals surface area contributed by atoms with Crippen molar-refractivity contribution in [3.05, 3.63) is 101 Å². The van der Waals surface area contributed by atoms with Gasteiger partial charge in [-0.3, -0.25) is 4.79 Å². The summed E-state index contributed by atoms with van der Waals surface area (Å²) in [7, 11) is 0. The van der Waals surface area contributed by atoms with Gasteiger partial charge in [-0.15, -0.1) is 0 Å². The maximum atomic E-state index is 13.4. The molecule has 0 saturated heterocycles. The van der Waals surface area contributed by atoms with Gasteiger partial charge >= 0.3 is 0 Å². The van der Waals surface area contributed by atoms with E-state index in [2.05, 4.69) is 23.2 Å². The Kier molecular flexibility index (Phi) is 4.46. The molecule has 0 spiro atoms. The first-order valence-corrected chi connectivity index (χ1v) is 10.8. The van der Waals surface area contributed by atoms with Gasteiger partial charge in [0.1, 0.15) is 0 Å². The second-order valence-electron chi connectivity index (χ2n) is 8.10. The molecule has 0 fully saturated rings. The first-order chi connectivity index (χ1) is 15.8. The van der Waals surface area contributed by atoms with Crippen LogP contribution in [0.15, 0.2) is 78.9 Å². The maximum absolute atomic E-state index is 13.4. The molecule has 0 saturated carbocycles. The number of carbonyl (C=O) groups is 1. The Balaban J connectivity index is 1.44. The molecule has 4 aromatic rings. The molecule has 0 aliphatic carbocycles. The van der Waals surface area contributed by atoms with Gasteiger partial charge in [-0.05, 0) is 47.4 Å². The van der Waals surface area contributed by atoms with Crippen molar-refractivity contribution in [2.45, 2.75) is 12.5 Å². The fourth-order valence-electron chi connectivity index (χ4n) is 4.74. The smallest absolute Gasteiger partial charge is 0.247 e. The van der Waals surface area contributed by atoms with Crippen molar-refractivity contribution in [1.82, 2.24) is 9.88 Å². The van der Waals surface area contributed by atoms with Crippen LogP contribution in [0.1, 0.15) is 28.4 Å². The molecule has 3 heterocycles. The number of fused-ring (bicyclic) bond motifs is 4. The van der Waals surface area contributed by atoms with Gasteiger partial charge in [-0.2, -0.15) is 0 Å².